The number of amides is 1. The Morgan fingerprint density at radius 2 is 1.54 bits per heavy atom. The molecular formula is C26H27F7N2O2. The zero-order valence-electron chi connectivity index (χ0n) is 20.4. The van der Waals surface area contributed by atoms with Crippen LogP contribution in [0.15, 0.2) is 42.5 Å². The van der Waals surface area contributed by atoms with Gasteiger partial charge < -0.3 is 14.5 Å². The molecule has 2 aliphatic rings. The van der Waals surface area contributed by atoms with E-state index in [-0.39, 0.29) is 42.6 Å². The predicted octanol–water partition coefficient (Wildman–Crippen LogP) is 6.03. The Hall–Kier alpha value is -2.66. The average molecular weight is 533 g/mol. The van der Waals surface area contributed by atoms with Crippen LogP contribution < -0.4 is 0 Å². The molecular weight excluding hydrogens is 505 g/mol. The Bertz CT molecular complexity index is 1100. The van der Waals surface area contributed by atoms with Crippen LogP contribution in [0.2, 0.25) is 0 Å². The number of nitrogens with zero attached hydrogens (tertiary/aromatic N) is 2. The van der Waals surface area contributed by atoms with Crippen molar-refractivity contribution in [1.29, 1.82) is 0 Å². The van der Waals surface area contributed by atoms with Gasteiger partial charge in [0.15, 0.2) is 0 Å². The van der Waals surface area contributed by atoms with Crippen molar-refractivity contribution in [1.82, 2.24) is 9.80 Å². The number of alkyl halides is 6. The summed E-state index contributed by atoms with van der Waals surface area (Å²) in [4.78, 5) is 16.6. The molecule has 0 bridgehead atoms. The summed E-state index contributed by atoms with van der Waals surface area (Å²) in [6.07, 6.45) is -10.9. The number of carbonyl (C=O) groups excluding carboxylic acids is 1. The highest BCUT2D eigenvalue weighted by molar-refractivity contribution is 5.79. The van der Waals surface area contributed by atoms with Crippen molar-refractivity contribution >= 4 is 5.91 Å². The topological polar surface area (TPSA) is 32.8 Å². The van der Waals surface area contributed by atoms with Crippen LogP contribution in [0.25, 0.3) is 0 Å². The zero-order valence-corrected chi connectivity index (χ0v) is 20.4. The Balaban J connectivity index is 1.69. The molecule has 2 heterocycles. The number of benzene rings is 2. The lowest BCUT2D eigenvalue weighted by atomic mass is 9.84. The normalized spacial score (nSPS) is 25.5. The summed E-state index contributed by atoms with van der Waals surface area (Å²) in [5, 5.41) is 0. The summed E-state index contributed by atoms with van der Waals surface area (Å²) in [7, 11) is 3.72. The van der Waals surface area contributed by atoms with Gasteiger partial charge in [-0.2, -0.15) is 26.3 Å². The van der Waals surface area contributed by atoms with Crippen molar-refractivity contribution in [2.75, 3.05) is 20.6 Å². The molecule has 3 unspecified atom stereocenters. The number of ether oxygens (including phenoxy) is 1. The monoisotopic (exact) mass is 532 g/mol. The molecule has 37 heavy (non-hydrogen) atoms. The molecule has 0 N–H and O–H groups in total. The van der Waals surface area contributed by atoms with Crippen molar-refractivity contribution in [3.05, 3.63) is 70.5 Å². The van der Waals surface area contributed by atoms with Crippen molar-refractivity contribution in [3.8, 4) is 0 Å². The number of hydrogen-bond donors (Lipinski definition) is 0. The van der Waals surface area contributed by atoms with Gasteiger partial charge in [-0.05, 0) is 68.9 Å². The maximum absolute atomic E-state index is 13.6. The van der Waals surface area contributed by atoms with Crippen molar-refractivity contribution in [3.63, 3.8) is 0 Å². The lowest BCUT2D eigenvalue weighted by molar-refractivity contribution is -0.143. The SMILES string of the molecule is C[C@@H](O[C@H]1CN2C(=O)CC(N(C)C)CC2C1c1ccc(F)cc1)c1cc(C(F)(F)F)cc(C(F)(F)F)c1. The number of piperidine rings is 1. The molecule has 0 saturated carbocycles. The van der Waals surface area contributed by atoms with Gasteiger partial charge in [0.25, 0.3) is 0 Å². The summed E-state index contributed by atoms with van der Waals surface area (Å²) in [6, 6.07) is 6.71. The highest BCUT2D eigenvalue weighted by atomic mass is 19.4. The first-order valence-electron chi connectivity index (χ1n) is 11.8. The van der Waals surface area contributed by atoms with Crippen LogP contribution in [0.3, 0.4) is 0 Å². The second kappa shape index (κ2) is 9.90. The van der Waals surface area contributed by atoms with E-state index in [1.54, 1.807) is 17.0 Å². The molecule has 0 aliphatic carbocycles. The van der Waals surface area contributed by atoms with Gasteiger partial charge in [0.05, 0.1) is 23.3 Å². The first-order chi connectivity index (χ1) is 17.1. The fourth-order valence-corrected chi connectivity index (χ4v) is 5.32. The largest absolute Gasteiger partial charge is 0.416 e. The van der Waals surface area contributed by atoms with Gasteiger partial charge in [-0.15, -0.1) is 0 Å². The van der Waals surface area contributed by atoms with Crippen LogP contribution in [0, 0.1) is 5.82 Å². The van der Waals surface area contributed by atoms with E-state index in [2.05, 4.69) is 0 Å². The highest BCUT2D eigenvalue weighted by Crippen LogP contribution is 2.44. The summed E-state index contributed by atoms with van der Waals surface area (Å²) >= 11 is 0. The van der Waals surface area contributed by atoms with E-state index in [9.17, 15) is 35.5 Å². The highest BCUT2D eigenvalue weighted by Gasteiger charge is 2.49. The van der Waals surface area contributed by atoms with Gasteiger partial charge in [0.1, 0.15) is 5.82 Å². The van der Waals surface area contributed by atoms with E-state index in [0.29, 0.717) is 24.1 Å². The van der Waals surface area contributed by atoms with Crippen LogP contribution in [-0.4, -0.2) is 54.5 Å². The van der Waals surface area contributed by atoms with Crippen molar-refractivity contribution in [2.45, 2.75) is 62.3 Å². The smallest absolute Gasteiger partial charge is 0.368 e. The maximum Gasteiger partial charge on any atom is 0.416 e. The fraction of sp³-hybridized carbons (Fsp3) is 0.500. The Morgan fingerprint density at radius 1 is 0.973 bits per heavy atom. The van der Waals surface area contributed by atoms with Crippen LogP contribution in [-0.2, 0) is 21.9 Å². The van der Waals surface area contributed by atoms with E-state index in [1.165, 1.54) is 19.1 Å². The Kier molecular flexibility index (Phi) is 7.33. The minimum absolute atomic E-state index is 0.0503. The van der Waals surface area contributed by atoms with E-state index >= 15 is 0 Å². The fourth-order valence-electron chi connectivity index (χ4n) is 5.32. The Morgan fingerprint density at radius 3 is 2.05 bits per heavy atom. The summed E-state index contributed by atoms with van der Waals surface area (Å²) in [5.41, 5.74) is -2.44. The molecule has 2 saturated heterocycles. The van der Waals surface area contributed by atoms with E-state index in [4.69, 9.17) is 4.74 Å². The van der Waals surface area contributed by atoms with E-state index < -0.39 is 47.4 Å². The predicted molar refractivity (Wildman–Crippen MR) is 121 cm³/mol. The number of fused-ring (bicyclic) bond motifs is 1. The molecule has 4 nitrogen and oxygen atoms in total. The number of hydrogen-bond acceptors (Lipinski definition) is 3. The Labute approximate surface area is 210 Å². The van der Waals surface area contributed by atoms with Gasteiger partial charge in [-0.3, -0.25) is 4.79 Å². The summed E-state index contributed by atoms with van der Waals surface area (Å²) in [6.45, 7) is 1.51. The molecule has 2 aromatic rings. The quantitative estimate of drug-likeness (QED) is 0.441. The minimum atomic E-state index is -4.98. The summed E-state index contributed by atoms with van der Waals surface area (Å²) in [5.74, 6) is -1.01. The first-order valence-corrected chi connectivity index (χ1v) is 11.8. The van der Waals surface area contributed by atoms with E-state index in [0.717, 1.165) is 0 Å². The molecule has 202 valence electrons. The third kappa shape index (κ3) is 5.77. The molecule has 0 spiro atoms. The molecule has 2 aromatic carbocycles. The van der Waals surface area contributed by atoms with Crippen molar-refractivity contribution in [2.24, 2.45) is 0 Å². The summed E-state index contributed by atoms with van der Waals surface area (Å²) < 4.78 is 100. The standard InChI is InChI=1S/C26H27F7N2O2/c1-14(16-8-17(25(28,29)30)10-18(9-16)26(31,32)33)37-22-13-35-21(11-20(34(2)3)12-23(35)36)24(22)15-4-6-19(27)7-5-15/h4-10,14,20-22,24H,11-13H2,1-3H3/t14-,20?,21?,22+,24?/m1/s1. The number of carbonyl (C=O) groups is 1. The van der Waals surface area contributed by atoms with E-state index in [1.807, 2.05) is 19.0 Å². The first kappa shape index (κ1) is 27.4. The molecule has 0 radical (unpaired) electrons. The molecule has 1 amide bonds. The van der Waals surface area contributed by atoms with Crippen LogP contribution in [0.1, 0.15) is 54.0 Å². The van der Waals surface area contributed by atoms with Crippen LogP contribution >= 0.6 is 0 Å². The molecule has 11 heteroatoms. The van der Waals surface area contributed by atoms with Crippen LogP contribution in [0.5, 0.6) is 0 Å². The molecule has 4 rings (SSSR count). The van der Waals surface area contributed by atoms with Crippen LogP contribution in [0.4, 0.5) is 30.7 Å². The zero-order chi connectivity index (χ0) is 27.3. The second-order valence-corrected chi connectivity index (χ2v) is 9.90. The molecule has 2 fully saturated rings. The molecule has 5 atom stereocenters. The second-order valence-electron chi connectivity index (χ2n) is 9.90. The minimum Gasteiger partial charge on any atom is -0.368 e. The third-order valence-corrected chi connectivity index (χ3v) is 7.28. The number of rotatable bonds is 5. The maximum atomic E-state index is 13.6. The average Bonchev–Trinajstić information content (AvgIpc) is 3.16. The molecule has 0 aromatic heterocycles. The molecule has 2 aliphatic heterocycles. The lowest BCUT2D eigenvalue weighted by Gasteiger charge is -2.39. The van der Waals surface area contributed by atoms with Gasteiger partial charge in [0.2, 0.25) is 5.91 Å². The third-order valence-electron chi connectivity index (χ3n) is 7.28. The van der Waals surface area contributed by atoms with Gasteiger partial charge >= 0.3 is 12.4 Å². The lowest BCUT2D eigenvalue weighted by Crippen LogP contribution is -2.49. The van der Waals surface area contributed by atoms with Crippen molar-refractivity contribution < 1.29 is 40.3 Å². The van der Waals surface area contributed by atoms with Gasteiger partial charge in [0, 0.05) is 31.0 Å². The number of halogens is 7. The van der Waals surface area contributed by atoms with Gasteiger partial charge in [-0.1, -0.05) is 12.1 Å². The van der Waals surface area contributed by atoms with Gasteiger partial charge in [-0.25, -0.2) is 4.39 Å².